The van der Waals surface area contributed by atoms with Gasteiger partial charge in [-0.3, -0.25) is 4.79 Å². The van der Waals surface area contributed by atoms with Crippen molar-refractivity contribution in [2.24, 2.45) is 5.73 Å². The van der Waals surface area contributed by atoms with E-state index >= 15 is 0 Å². The summed E-state index contributed by atoms with van der Waals surface area (Å²) in [4.78, 5) is 14.1. The summed E-state index contributed by atoms with van der Waals surface area (Å²) in [6.45, 7) is 3.10. The number of likely N-dealkylation sites (tertiary alicyclic amines) is 1. The second kappa shape index (κ2) is 8.08. The molecule has 1 saturated heterocycles. The third kappa shape index (κ3) is 5.22. The zero-order valence-electron chi connectivity index (χ0n) is 11.7. The van der Waals surface area contributed by atoms with Gasteiger partial charge in [0.05, 0.1) is 0 Å². The molecule has 2 rings (SSSR count). The molecule has 0 radical (unpaired) electrons. The Labute approximate surface area is 140 Å². The lowest BCUT2D eigenvalue weighted by molar-refractivity contribution is -0.139. The Hall–Kier alpha value is -0.680. The van der Waals surface area contributed by atoms with Crippen molar-refractivity contribution in [2.45, 2.75) is 31.9 Å². The number of ether oxygens (including phenoxy) is 1. The molecule has 21 heavy (non-hydrogen) atoms. The van der Waals surface area contributed by atoms with Gasteiger partial charge in [-0.05, 0) is 38.0 Å². The van der Waals surface area contributed by atoms with E-state index in [1.54, 1.807) is 30.0 Å². The first-order valence-electron chi connectivity index (χ1n) is 6.63. The second-order valence-electron chi connectivity index (χ2n) is 5.03. The summed E-state index contributed by atoms with van der Waals surface area (Å²) in [5.74, 6) is 0.463. The SMILES string of the molecule is CC(Oc1cc(Cl)cc(Cl)c1)C(=O)N1CCC(N)CC1.Cl. The maximum absolute atomic E-state index is 12.3. The molecule has 7 heteroatoms. The van der Waals surface area contributed by atoms with Gasteiger partial charge in [0.25, 0.3) is 5.91 Å². The van der Waals surface area contributed by atoms with Crippen LogP contribution in [0.15, 0.2) is 18.2 Å². The van der Waals surface area contributed by atoms with E-state index in [2.05, 4.69) is 0 Å². The highest BCUT2D eigenvalue weighted by Gasteiger charge is 2.25. The largest absolute Gasteiger partial charge is 0.481 e. The van der Waals surface area contributed by atoms with E-state index in [9.17, 15) is 4.79 Å². The molecule has 1 fully saturated rings. The van der Waals surface area contributed by atoms with Crippen molar-refractivity contribution in [3.8, 4) is 5.75 Å². The molecule has 1 aliphatic rings. The van der Waals surface area contributed by atoms with Crippen LogP contribution < -0.4 is 10.5 Å². The van der Waals surface area contributed by atoms with E-state index in [4.69, 9.17) is 33.7 Å². The van der Waals surface area contributed by atoms with Crippen LogP contribution in [0.1, 0.15) is 19.8 Å². The molecular weight excluding hydrogens is 335 g/mol. The number of hydrogen-bond acceptors (Lipinski definition) is 3. The smallest absolute Gasteiger partial charge is 0.263 e. The molecule has 1 aromatic carbocycles. The van der Waals surface area contributed by atoms with Gasteiger partial charge in [-0.1, -0.05) is 23.2 Å². The molecule has 1 heterocycles. The molecule has 1 aromatic rings. The molecule has 0 bridgehead atoms. The molecule has 118 valence electrons. The van der Waals surface area contributed by atoms with Gasteiger partial charge in [0, 0.05) is 29.2 Å². The highest BCUT2D eigenvalue weighted by molar-refractivity contribution is 6.34. The average molecular weight is 354 g/mol. The number of carbonyl (C=O) groups excluding carboxylic acids is 1. The van der Waals surface area contributed by atoms with Crippen molar-refractivity contribution in [3.05, 3.63) is 28.2 Å². The molecule has 1 atom stereocenters. The van der Waals surface area contributed by atoms with Crippen LogP contribution in [0.25, 0.3) is 0 Å². The molecule has 1 aliphatic heterocycles. The van der Waals surface area contributed by atoms with Crippen molar-refractivity contribution in [1.82, 2.24) is 4.90 Å². The predicted octanol–water partition coefficient (Wildman–Crippen LogP) is 3.13. The summed E-state index contributed by atoms with van der Waals surface area (Å²) < 4.78 is 5.63. The zero-order valence-corrected chi connectivity index (χ0v) is 14.0. The Morgan fingerprint density at radius 2 is 1.81 bits per heavy atom. The number of nitrogens with two attached hydrogens (primary N) is 1. The molecule has 4 nitrogen and oxygen atoms in total. The minimum absolute atomic E-state index is 0. The van der Waals surface area contributed by atoms with Gasteiger partial charge in [0.15, 0.2) is 6.10 Å². The van der Waals surface area contributed by atoms with Gasteiger partial charge in [-0.25, -0.2) is 0 Å². The van der Waals surface area contributed by atoms with Crippen molar-refractivity contribution in [1.29, 1.82) is 0 Å². The van der Waals surface area contributed by atoms with Crippen LogP contribution in [-0.4, -0.2) is 36.0 Å². The van der Waals surface area contributed by atoms with Crippen molar-refractivity contribution < 1.29 is 9.53 Å². The van der Waals surface area contributed by atoms with Gasteiger partial charge >= 0.3 is 0 Å². The van der Waals surface area contributed by atoms with E-state index in [-0.39, 0.29) is 24.4 Å². The standard InChI is InChI=1S/C14H18Cl2N2O2.ClH/c1-9(14(19)18-4-2-12(17)3-5-18)20-13-7-10(15)6-11(16)8-13;/h6-9,12H,2-5,17H2,1H3;1H. The molecule has 0 aliphatic carbocycles. The molecule has 2 N–H and O–H groups in total. The van der Waals surface area contributed by atoms with E-state index in [0.717, 1.165) is 12.8 Å². The zero-order chi connectivity index (χ0) is 14.7. The molecule has 1 amide bonds. The first kappa shape index (κ1) is 18.4. The first-order chi connectivity index (χ1) is 9.45. The molecule has 0 spiro atoms. The minimum atomic E-state index is -0.571. The lowest BCUT2D eigenvalue weighted by Crippen LogP contribution is -2.47. The Balaban J connectivity index is 0.00000220. The molecule has 1 unspecified atom stereocenters. The van der Waals surface area contributed by atoms with Crippen molar-refractivity contribution in [2.75, 3.05) is 13.1 Å². The number of benzene rings is 1. The summed E-state index contributed by atoms with van der Waals surface area (Å²) in [5.41, 5.74) is 5.83. The number of carbonyl (C=O) groups is 1. The molecule has 0 saturated carbocycles. The van der Waals surface area contributed by atoms with Gasteiger partial charge in [-0.2, -0.15) is 0 Å². The summed E-state index contributed by atoms with van der Waals surface area (Å²) in [6, 6.07) is 5.10. The first-order valence-corrected chi connectivity index (χ1v) is 7.38. The number of hydrogen-bond donors (Lipinski definition) is 1. The van der Waals surface area contributed by atoms with Crippen LogP contribution in [0.4, 0.5) is 0 Å². The topological polar surface area (TPSA) is 55.6 Å². The van der Waals surface area contributed by atoms with E-state index in [1.807, 2.05) is 0 Å². The van der Waals surface area contributed by atoms with Crippen LogP contribution in [0.3, 0.4) is 0 Å². The Morgan fingerprint density at radius 3 is 2.33 bits per heavy atom. The third-order valence-electron chi connectivity index (χ3n) is 3.35. The summed E-state index contributed by atoms with van der Waals surface area (Å²) in [6.07, 6.45) is 1.10. The highest BCUT2D eigenvalue weighted by atomic mass is 35.5. The number of halogens is 3. The fourth-order valence-corrected chi connectivity index (χ4v) is 2.73. The minimum Gasteiger partial charge on any atom is -0.481 e. The van der Waals surface area contributed by atoms with Crippen LogP contribution in [-0.2, 0) is 4.79 Å². The van der Waals surface area contributed by atoms with Crippen LogP contribution in [0.2, 0.25) is 10.0 Å². The molecular formula is C14H19Cl3N2O2. The van der Waals surface area contributed by atoms with Crippen LogP contribution >= 0.6 is 35.6 Å². The number of nitrogens with zero attached hydrogens (tertiary/aromatic N) is 1. The maximum atomic E-state index is 12.3. The Kier molecular flexibility index (Phi) is 7.07. The van der Waals surface area contributed by atoms with Gasteiger partial charge < -0.3 is 15.4 Å². The average Bonchev–Trinajstić information content (AvgIpc) is 2.37. The van der Waals surface area contributed by atoms with E-state index in [0.29, 0.717) is 28.9 Å². The number of amides is 1. The molecule has 0 aromatic heterocycles. The quantitative estimate of drug-likeness (QED) is 0.908. The second-order valence-corrected chi connectivity index (χ2v) is 5.90. The summed E-state index contributed by atoms with van der Waals surface area (Å²) in [7, 11) is 0. The van der Waals surface area contributed by atoms with Gasteiger partial charge in [-0.15, -0.1) is 12.4 Å². The van der Waals surface area contributed by atoms with Crippen LogP contribution in [0, 0.1) is 0 Å². The lowest BCUT2D eigenvalue weighted by Gasteiger charge is -2.32. The van der Waals surface area contributed by atoms with E-state index < -0.39 is 6.10 Å². The number of rotatable bonds is 3. The summed E-state index contributed by atoms with van der Waals surface area (Å²) >= 11 is 11.8. The predicted molar refractivity (Wildman–Crippen MR) is 87.6 cm³/mol. The summed E-state index contributed by atoms with van der Waals surface area (Å²) in [5, 5.41) is 0.965. The highest BCUT2D eigenvalue weighted by Crippen LogP contribution is 2.25. The normalized spacial score (nSPS) is 17.0. The fourth-order valence-electron chi connectivity index (χ4n) is 2.23. The van der Waals surface area contributed by atoms with Crippen molar-refractivity contribution >= 4 is 41.5 Å². The fraction of sp³-hybridized carbons (Fsp3) is 0.500. The van der Waals surface area contributed by atoms with Gasteiger partial charge in [0.2, 0.25) is 0 Å². The number of piperidine rings is 1. The monoisotopic (exact) mass is 352 g/mol. The van der Waals surface area contributed by atoms with E-state index in [1.165, 1.54) is 0 Å². The van der Waals surface area contributed by atoms with Crippen LogP contribution in [0.5, 0.6) is 5.75 Å². The van der Waals surface area contributed by atoms with Gasteiger partial charge in [0.1, 0.15) is 5.75 Å². The lowest BCUT2D eigenvalue weighted by atomic mass is 10.1. The maximum Gasteiger partial charge on any atom is 0.263 e. The van der Waals surface area contributed by atoms with Crippen molar-refractivity contribution in [3.63, 3.8) is 0 Å². The Morgan fingerprint density at radius 1 is 1.29 bits per heavy atom. The third-order valence-corrected chi connectivity index (χ3v) is 3.78. The Bertz CT molecular complexity index is 471.